The summed E-state index contributed by atoms with van der Waals surface area (Å²) >= 11 is 0. The minimum absolute atomic E-state index is 0.336. The van der Waals surface area contributed by atoms with Gasteiger partial charge >= 0.3 is 0 Å². The van der Waals surface area contributed by atoms with Crippen LogP contribution >= 0.6 is 0 Å². The summed E-state index contributed by atoms with van der Waals surface area (Å²) < 4.78 is 6.28. The van der Waals surface area contributed by atoms with Crippen molar-refractivity contribution in [3.63, 3.8) is 0 Å². The summed E-state index contributed by atoms with van der Waals surface area (Å²) in [7, 11) is 0. The van der Waals surface area contributed by atoms with Gasteiger partial charge in [-0.25, -0.2) is 0 Å². The number of ether oxygens (including phenoxy) is 1. The Morgan fingerprint density at radius 1 is 0.926 bits per heavy atom. The molecule has 1 nitrogen and oxygen atoms in total. The van der Waals surface area contributed by atoms with Gasteiger partial charge in [0.05, 0.1) is 6.61 Å². The number of hydrogen-bond acceptors (Lipinski definition) is 1. The molecule has 27 heavy (non-hydrogen) atoms. The number of benzene rings is 1. The lowest BCUT2D eigenvalue weighted by atomic mass is 9.39. The average molecular weight is 367 g/mol. The van der Waals surface area contributed by atoms with Crippen LogP contribution in [0.4, 0.5) is 0 Å². The summed E-state index contributed by atoms with van der Waals surface area (Å²) in [5, 5.41) is 0. The summed E-state index contributed by atoms with van der Waals surface area (Å²) in [5.41, 5.74) is 2.75. The number of para-hydroxylation sites is 1. The first-order valence-corrected chi connectivity index (χ1v) is 11.1. The van der Waals surface area contributed by atoms with Gasteiger partial charge in [0.25, 0.3) is 0 Å². The molecule has 0 saturated heterocycles. The van der Waals surface area contributed by atoms with Gasteiger partial charge < -0.3 is 4.74 Å². The normalized spacial score (nSPS) is 40.7. The molecule has 0 heterocycles. The molecule has 3 aliphatic carbocycles. The fourth-order valence-electron chi connectivity index (χ4n) is 7.74. The first-order valence-electron chi connectivity index (χ1n) is 11.1. The first-order chi connectivity index (χ1) is 12.8. The van der Waals surface area contributed by atoms with Crippen LogP contribution < -0.4 is 4.74 Å². The summed E-state index contributed by atoms with van der Waals surface area (Å²) in [6.45, 7) is 15.6. The third-order valence-corrected chi connectivity index (χ3v) is 9.04. The Morgan fingerprint density at radius 3 is 2.41 bits per heavy atom. The van der Waals surface area contributed by atoms with E-state index < -0.39 is 0 Å². The Labute approximate surface area is 166 Å². The van der Waals surface area contributed by atoms with Gasteiger partial charge in [-0.15, -0.1) is 0 Å². The van der Waals surface area contributed by atoms with Crippen molar-refractivity contribution in [2.45, 2.75) is 72.6 Å². The molecule has 148 valence electrons. The predicted octanol–water partition coefficient (Wildman–Crippen LogP) is 7.28. The van der Waals surface area contributed by atoms with Gasteiger partial charge in [-0.3, -0.25) is 0 Å². The molecule has 3 saturated carbocycles. The van der Waals surface area contributed by atoms with Gasteiger partial charge in [-0.05, 0) is 78.7 Å². The van der Waals surface area contributed by atoms with E-state index in [9.17, 15) is 0 Å². The van der Waals surface area contributed by atoms with E-state index in [1.807, 2.05) is 0 Å². The summed E-state index contributed by atoms with van der Waals surface area (Å²) in [6, 6.07) is 10.3. The van der Waals surface area contributed by atoms with Gasteiger partial charge in [-0.1, -0.05) is 64.5 Å². The molecule has 4 rings (SSSR count). The van der Waals surface area contributed by atoms with Gasteiger partial charge in [-0.2, -0.15) is 0 Å². The molecule has 0 N–H and O–H groups in total. The van der Waals surface area contributed by atoms with Crippen LogP contribution in [0.25, 0.3) is 0 Å². The van der Waals surface area contributed by atoms with E-state index in [1.165, 1.54) is 50.5 Å². The lowest BCUT2D eigenvalue weighted by Gasteiger charge is -2.65. The minimum atomic E-state index is 0.336. The van der Waals surface area contributed by atoms with Crippen LogP contribution in [-0.4, -0.2) is 6.61 Å². The first kappa shape index (κ1) is 19.1. The fraction of sp³-hybridized carbons (Fsp3) is 0.692. The Bertz CT molecular complexity index is 689. The second kappa shape index (κ2) is 6.68. The predicted molar refractivity (Wildman–Crippen MR) is 114 cm³/mol. The van der Waals surface area contributed by atoms with E-state index in [2.05, 4.69) is 64.6 Å². The number of rotatable bonds is 3. The quantitative estimate of drug-likeness (QED) is 0.511. The van der Waals surface area contributed by atoms with E-state index >= 15 is 0 Å². The molecule has 0 aromatic heterocycles. The Balaban J connectivity index is 1.61. The maximum atomic E-state index is 6.28. The number of hydrogen-bond donors (Lipinski definition) is 0. The van der Waals surface area contributed by atoms with Crippen LogP contribution in [0.1, 0.15) is 72.6 Å². The van der Waals surface area contributed by atoms with Crippen molar-refractivity contribution < 1.29 is 4.74 Å². The van der Waals surface area contributed by atoms with Crippen LogP contribution in [-0.2, 0) is 0 Å². The van der Waals surface area contributed by atoms with Crippen molar-refractivity contribution in [2.24, 2.45) is 34.0 Å². The van der Waals surface area contributed by atoms with Crippen LogP contribution in [0.15, 0.2) is 42.5 Å². The van der Waals surface area contributed by atoms with E-state index in [-0.39, 0.29) is 0 Å². The zero-order valence-electron chi connectivity index (χ0n) is 17.9. The molecule has 3 aliphatic rings. The molecule has 1 heteroatoms. The monoisotopic (exact) mass is 366 g/mol. The van der Waals surface area contributed by atoms with Crippen molar-refractivity contribution >= 4 is 0 Å². The van der Waals surface area contributed by atoms with Gasteiger partial charge in [0.2, 0.25) is 0 Å². The Kier molecular flexibility index (Phi) is 4.72. The fourth-order valence-corrected chi connectivity index (χ4v) is 7.74. The summed E-state index contributed by atoms with van der Waals surface area (Å²) in [5.74, 6) is 3.16. The molecule has 0 aliphatic heterocycles. The third-order valence-electron chi connectivity index (χ3n) is 9.04. The maximum absolute atomic E-state index is 6.28. The summed E-state index contributed by atoms with van der Waals surface area (Å²) in [6.07, 6.45) is 9.46. The standard InChI is InChI=1S/C26H38O/c1-19-12-13-23-25(4,21(19)18-27-20-10-7-6-8-11-20)17-14-22-24(2,3)15-9-16-26(22,23)5/h6-8,10-11,21-23H,1,9,12-18H2,2-5H3/t21-,22+,23+,25+,26+/m1/s1. The largest absolute Gasteiger partial charge is 0.493 e. The Morgan fingerprint density at radius 2 is 1.67 bits per heavy atom. The molecule has 0 radical (unpaired) electrons. The third kappa shape index (κ3) is 3.06. The highest BCUT2D eigenvalue weighted by Crippen LogP contribution is 2.68. The van der Waals surface area contributed by atoms with Crippen LogP contribution in [0.2, 0.25) is 0 Å². The zero-order valence-corrected chi connectivity index (χ0v) is 17.9. The SMILES string of the molecule is C=C1CC[C@H]2[C@@](C)(CC[C@H]3C(C)(C)CCC[C@]23C)[C@@H]1COc1ccccc1. The average Bonchev–Trinajstić information content (AvgIpc) is 2.61. The van der Waals surface area contributed by atoms with E-state index in [1.54, 1.807) is 0 Å². The molecule has 0 spiro atoms. The molecular weight excluding hydrogens is 328 g/mol. The highest BCUT2D eigenvalue weighted by molar-refractivity contribution is 5.23. The van der Waals surface area contributed by atoms with Gasteiger partial charge in [0.1, 0.15) is 5.75 Å². The lowest BCUT2D eigenvalue weighted by Crippen LogP contribution is -2.58. The van der Waals surface area contributed by atoms with Crippen molar-refractivity contribution in [3.05, 3.63) is 42.5 Å². The van der Waals surface area contributed by atoms with Crippen molar-refractivity contribution in [3.8, 4) is 5.75 Å². The highest BCUT2D eigenvalue weighted by atomic mass is 16.5. The second-order valence-electron chi connectivity index (χ2n) is 10.9. The molecular formula is C26H38O. The van der Waals surface area contributed by atoms with E-state index in [0.29, 0.717) is 22.2 Å². The van der Waals surface area contributed by atoms with E-state index in [4.69, 9.17) is 4.74 Å². The van der Waals surface area contributed by atoms with Crippen LogP contribution in [0.5, 0.6) is 5.75 Å². The van der Waals surface area contributed by atoms with Crippen molar-refractivity contribution in [1.82, 2.24) is 0 Å². The van der Waals surface area contributed by atoms with Crippen molar-refractivity contribution in [2.75, 3.05) is 6.61 Å². The molecule has 0 amide bonds. The zero-order chi connectivity index (χ0) is 19.3. The topological polar surface area (TPSA) is 9.23 Å². The summed E-state index contributed by atoms with van der Waals surface area (Å²) in [4.78, 5) is 0. The van der Waals surface area contributed by atoms with Crippen molar-refractivity contribution in [1.29, 1.82) is 0 Å². The maximum Gasteiger partial charge on any atom is 0.119 e. The number of fused-ring (bicyclic) bond motifs is 3. The van der Waals surface area contributed by atoms with Gasteiger partial charge in [0.15, 0.2) is 0 Å². The molecule has 0 unspecified atom stereocenters. The molecule has 1 aromatic carbocycles. The lowest BCUT2D eigenvalue weighted by molar-refractivity contribution is -0.156. The second-order valence-corrected chi connectivity index (χ2v) is 10.9. The smallest absolute Gasteiger partial charge is 0.119 e. The van der Waals surface area contributed by atoms with E-state index in [0.717, 1.165) is 24.2 Å². The van der Waals surface area contributed by atoms with Gasteiger partial charge in [0, 0.05) is 5.92 Å². The Hall–Kier alpha value is -1.24. The molecule has 1 aromatic rings. The highest BCUT2D eigenvalue weighted by Gasteiger charge is 2.61. The molecule has 3 fully saturated rings. The van der Waals surface area contributed by atoms with Crippen LogP contribution in [0, 0.1) is 34.0 Å². The van der Waals surface area contributed by atoms with Crippen LogP contribution in [0.3, 0.4) is 0 Å². The molecule has 5 atom stereocenters. The minimum Gasteiger partial charge on any atom is -0.493 e. The molecule has 0 bridgehead atoms.